The van der Waals surface area contributed by atoms with Crippen LogP contribution in [0.2, 0.25) is 0 Å². The Morgan fingerprint density at radius 2 is 2.33 bits per heavy atom. The lowest BCUT2D eigenvalue weighted by Crippen LogP contribution is -1.76. The van der Waals surface area contributed by atoms with Crippen molar-refractivity contribution in [1.82, 2.24) is 15.4 Å². The van der Waals surface area contributed by atoms with Gasteiger partial charge in [0.1, 0.15) is 0 Å². The smallest absolute Gasteiger partial charge is 0.0821 e. The van der Waals surface area contributed by atoms with Crippen molar-refractivity contribution in [3.63, 3.8) is 0 Å². The van der Waals surface area contributed by atoms with E-state index < -0.39 is 0 Å². The average Bonchev–Trinajstić information content (AvgIpc) is 2.43. The van der Waals surface area contributed by atoms with Gasteiger partial charge in [0.15, 0.2) is 0 Å². The summed E-state index contributed by atoms with van der Waals surface area (Å²) in [6.45, 7) is 6.04. The quantitative estimate of drug-likeness (QED) is 0.626. The summed E-state index contributed by atoms with van der Waals surface area (Å²) in [5, 5.41) is 9.94. The number of hydrogen-bond acceptors (Lipinski definition) is 2. The van der Waals surface area contributed by atoms with Crippen LogP contribution in [0.5, 0.6) is 0 Å². The summed E-state index contributed by atoms with van der Waals surface area (Å²) in [6, 6.07) is 0. The van der Waals surface area contributed by atoms with Crippen molar-refractivity contribution in [1.29, 1.82) is 0 Å². The second kappa shape index (κ2) is 5.28. The van der Waals surface area contributed by atoms with Crippen LogP contribution in [0, 0.1) is 0 Å². The minimum Gasteiger partial charge on any atom is -0.198 e. The van der Waals surface area contributed by atoms with Crippen LogP contribution in [0.4, 0.5) is 0 Å². The second-order valence-corrected chi connectivity index (χ2v) is 1.31. The van der Waals surface area contributed by atoms with Gasteiger partial charge < -0.3 is 0 Å². The first-order valence-corrected chi connectivity index (χ1v) is 3.28. The number of aromatic nitrogens is 3. The molecule has 0 amide bonds. The molecule has 1 rings (SSSR count). The van der Waals surface area contributed by atoms with E-state index in [-0.39, 0.29) is 1.43 Å². The van der Waals surface area contributed by atoms with E-state index >= 15 is 0 Å². The molecule has 0 unspecified atom stereocenters. The molecule has 9 heavy (non-hydrogen) atoms. The first-order valence-electron chi connectivity index (χ1n) is 3.28. The third kappa shape index (κ3) is 2.85. The fraction of sp³-hybridized carbons (Fsp3) is 0.667. The second-order valence-electron chi connectivity index (χ2n) is 1.31. The molecule has 3 nitrogen and oxygen atoms in total. The maximum Gasteiger partial charge on any atom is 0.0821 e. The molecule has 0 saturated carbocycles. The van der Waals surface area contributed by atoms with E-state index in [0.29, 0.717) is 0 Å². The largest absolute Gasteiger partial charge is 0.198 e. The normalized spacial score (nSPS) is 7.89. The number of nitrogens with one attached hydrogen (secondary N) is 1. The van der Waals surface area contributed by atoms with Gasteiger partial charge in [-0.05, 0) is 6.42 Å². The Balaban J connectivity index is 0. The molecule has 0 aliphatic rings. The number of aryl methyl sites for hydroxylation is 1. The number of aromatic amines is 1. The summed E-state index contributed by atoms with van der Waals surface area (Å²) in [6.07, 6.45) is 2.68. The Morgan fingerprint density at radius 1 is 1.67 bits per heavy atom. The molecule has 1 aromatic rings. The third-order valence-corrected chi connectivity index (χ3v) is 0.827. The van der Waals surface area contributed by atoms with Crippen molar-refractivity contribution in [3.05, 3.63) is 11.9 Å². The first kappa shape index (κ1) is 8.14. The summed E-state index contributed by atoms with van der Waals surface area (Å²) in [5.41, 5.74) is 1.01. The topological polar surface area (TPSA) is 41.6 Å². The monoisotopic (exact) mass is 129 g/mol. The SMILES string of the molecule is CC.CCc1cn[nH]n1.[HH]. The fourth-order valence-electron chi connectivity index (χ4n) is 0.396. The predicted molar refractivity (Wildman–Crippen MR) is 39.2 cm³/mol. The fourth-order valence-corrected chi connectivity index (χ4v) is 0.396. The Morgan fingerprint density at radius 3 is 2.56 bits per heavy atom. The van der Waals surface area contributed by atoms with Crippen LogP contribution in [0.1, 0.15) is 27.9 Å². The van der Waals surface area contributed by atoms with E-state index in [0.717, 1.165) is 12.1 Å². The van der Waals surface area contributed by atoms with Crippen LogP contribution in [0.15, 0.2) is 6.20 Å². The molecule has 0 aliphatic carbocycles. The summed E-state index contributed by atoms with van der Waals surface area (Å²) in [4.78, 5) is 0. The predicted octanol–water partition coefficient (Wildman–Crippen LogP) is 1.64. The zero-order valence-electron chi connectivity index (χ0n) is 6.18. The molecule has 1 N–H and O–H groups in total. The highest BCUT2D eigenvalue weighted by atomic mass is 15.3. The van der Waals surface area contributed by atoms with Gasteiger partial charge in [0.2, 0.25) is 0 Å². The Kier molecular flexibility index (Phi) is 4.78. The van der Waals surface area contributed by atoms with Gasteiger partial charge in [0.25, 0.3) is 0 Å². The number of H-pyrrole nitrogens is 1. The molecule has 0 spiro atoms. The Labute approximate surface area is 57.0 Å². The first-order chi connectivity index (χ1) is 4.43. The van der Waals surface area contributed by atoms with Gasteiger partial charge >= 0.3 is 0 Å². The maximum atomic E-state index is 3.80. The zero-order chi connectivity index (χ0) is 7.11. The molecule has 0 fully saturated rings. The maximum absolute atomic E-state index is 3.80. The highest BCUT2D eigenvalue weighted by Gasteiger charge is 1.85. The zero-order valence-corrected chi connectivity index (χ0v) is 6.18. The minimum atomic E-state index is 0. The molecule has 0 aromatic carbocycles. The lowest BCUT2D eigenvalue weighted by molar-refractivity contribution is 0.908. The Hall–Kier alpha value is -0.860. The van der Waals surface area contributed by atoms with E-state index in [1.807, 2.05) is 20.8 Å². The summed E-state index contributed by atoms with van der Waals surface area (Å²) in [7, 11) is 0. The lowest BCUT2D eigenvalue weighted by atomic mass is 10.4. The number of nitrogens with zero attached hydrogens (tertiary/aromatic N) is 2. The highest BCUT2D eigenvalue weighted by Crippen LogP contribution is 1.85. The van der Waals surface area contributed by atoms with Crippen molar-refractivity contribution >= 4 is 0 Å². The van der Waals surface area contributed by atoms with Crippen LogP contribution < -0.4 is 0 Å². The molecule has 3 heteroatoms. The van der Waals surface area contributed by atoms with Crippen LogP contribution in [-0.4, -0.2) is 15.4 Å². The molecule has 1 heterocycles. The van der Waals surface area contributed by atoms with Gasteiger partial charge in [-0.15, -0.1) is 0 Å². The van der Waals surface area contributed by atoms with Crippen molar-refractivity contribution in [2.24, 2.45) is 0 Å². The third-order valence-electron chi connectivity index (χ3n) is 0.827. The molecule has 1 aromatic heterocycles. The summed E-state index contributed by atoms with van der Waals surface area (Å²) in [5.74, 6) is 0. The van der Waals surface area contributed by atoms with Gasteiger partial charge in [-0.25, -0.2) is 0 Å². The highest BCUT2D eigenvalue weighted by molar-refractivity contribution is 4.87. The van der Waals surface area contributed by atoms with E-state index in [9.17, 15) is 0 Å². The van der Waals surface area contributed by atoms with Crippen molar-refractivity contribution in [3.8, 4) is 0 Å². The van der Waals surface area contributed by atoms with Gasteiger partial charge in [-0.1, -0.05) is 20.8 Å². The number of hydrogen-bond donors (Lipinski definition) is 1. The van der Waals surface area contributed by atoms with Gasteiger partial charge in [-0.2, -0.15) is 15.4 Å². The van der Waals surface area contributed by atoms with Crippen LogP contribution in [0.25, 0.3) is 0 Å². The number of rotatable bonds is 1. The van der Waals surface area contributed by atoms with E-state index in [1.165, 1.54) is 0 Å². The molecule has 0 aliphatic heterocycles. The summed E-state index contributed by atoms with van der Waals surface area (Å²) < 4.78 is 0. The standard InChI is InChI=1S/C4H7N3.C2H6.H2/c1-2-4-3-5-7-6-4;1-2;/h3H,2H2,1H3,(H,5,6,7);1-2H3;1H. The van der Waals surface area contributed by atoms with Crippen molar-refractivity contribution < 1.29 is 1.43 Å². The molecule has 0 radical (unpaired) electrons. The molecular weight excluding hydrogens is 114 g/mol. The van der Waals surface area contributed by atoms with E-state index in [2.05, 4.69) is 15.4 Å². The van der Waals surface area contributed by atoms with Crippen molar-refractivity contribution in [2.45, 2.75) is 27.2 Å². The molecule has 0 saturated heterocycles. The van der Waals surface area contributed by atoms with Gasteiger partial charge in [0, 0.05) is 1.43 Å². The molecular formula is C6H15N3. The van der Waals surface area contributed by atoms with Crippen LogP contribution >= 0.6 is 0 Å². The average molecular weight is 129 g/mol. The molecule has 0 atom stereocenters. The van der Waals surface area contributed by atoms with E-state index in [4.69, 9.17) is 0 Å². The molecule has 0 bridgehead atoms. The van der Waals surface area contributed by atoms with Crippen LogP contribution in [-0.2, 0) is 6.42 Å². The van der Waals surface area contributed by atoms with Gasteiger partial charge in [-0.3, -0.25) is 0 Å². The Bertz CT molecular complexity index is 128. The van der Waals surface area contributed by atoms with Gasteiger partial charge in [0.05, 0.1) is 11.9 Å². The minimum absolute atomic E-state index is 0. The van der Waals surface area contributed by atoms with Crippen molar-refractivity contribution in [2.75, 3.05) is 0 Å². The lowest BCUT2D eigenvalue weighted by Gasteiger charge is -1.74. The van der Waals surface area contributed by atoms with E-state index in [1.54, 1.807) is 6.20 Å². The molecule has 54 valence electrons. The van der Waals surface area contributed by atoms with Crippen LogP contribution in [0.3, 0.4) is 0 Å². The summed E-state index contributed by atoms with van der Waals surface area (Å²) >= 11 is 0.